The van der Waals surface area contributed by atoms with Crippen LogP contribution in [0.15, 0.2) is 97.1 Å². The minimum Gasteiger partial charge on any atom is -0.457 e. The molecule has 300 valence electrons. The van der Waals surface area contributed by atoms with E-state index >= 15 is 0 Å². The first-order chi connectivity index (χ1) is 27.3. The van der Waals surface area contributed by atoms with Gasteiger partial charge in [0, 0.05) is 44.6 Å². The van der Waals surface area contributed by atoms with Gasteiger partial charge in [-0.2, -0.15) is 0 Å². The summed E-state index contributed by atoms with van der Waals surface area (Å²) in [6.07, 6.45) is 0. The normalized spacial score (nSPS) is 14.2. The average Bonchev–Trinajstić information content (AvgIpc) is 3.17. The van der Waals surface area contributed by atoms with Crippen molar-refractivity contribution in [1.29, 1.82) is 0 Å². The number of benzene rings is 4. The molecule has 0 amide bonds. The zero-order chi connectivity index (χ0) is 41.2. The number of hydrogen-bond donors (Lipinski definition) is 0. The molecule has 6 heteroatoms. The van der Waals surface area contributed by atoms with Gasteiger partial charge < -0.3 is 4.74 Å². The summed E-state index contributed by atoms with van der Waals surface area (Å²) in [5, 5.41) is 4.04. The summed E-state index contributed by atoms with van der Waals surface area (Å²) in [5.41, 5.74) is 9.77. The van der Waals surface area contributed by atoms with Gasteiger partial charge in [0.15, 0.2) is 0 Å². The van der Waals surface area contributed by atoms with E-state index in [1.165, 1.54) is 11.1 Å². The van der Waals surface area contributed by atoms with Crippen LogP contribution in [0.1, 0.15) is 128 Å². The number of pyridine rings is 4. The second-order valence-corrected chi connectivity index (χ2v) is 20.2. The van der Waals surface area contributed by atoms with Crippen LogP contribution in [0.4, 0.5) is 0 Å². The summed E-state index contributed by atoms with van der Waals surface area (Å²) in [6.45, 7) is 26.8. The molecule has 9 rings (SSSR count). The minimum absolute atomic E-state index is 0. The Labute approximate surface area is 363 Å². The molecule has 8 aromatic rings. The monoisotopic (exact) mass is 955 g/mol. The first-order valence-corrected chi connectivity index (χ1v) is 20.5. The van der Waals surface area contributed by atoms with Crippen LogP contribution in [0, 0.1) is 12.1 Å². The third kappa shape index (κ3) is 6.56. The van der Waals surface area contributed by atoms with Crippen molar-refractivity contribution in [3.63, 3.8) is 0 Å². The second-order valence-electron chi connectivity index (χ2n) is 20.2. The maximum atomic E-state index is 6.94. The SMILES string of the molecule is CC(C)(C)c1ccc2c(c1)C(c1ccc3nc(C(C)(C)C)c4ccc[c-]c4c3n1)(c1ccc3nc(C(C)(C)C)c4ccc[c-]c4c3n1)c1cc(C(C)(C)C)ccc1O2.[Pt+2]. The molecule has 1 aliphatic rings. The molecule has 0 radical (unpaired) electrons. The molecule has 4 aromatic carbocycles. The van der Waals surface area contributed by atoms with Crippen molar-refractivity contribution in [3.8, 4) is 11.5 Å². The molecule has 0 aliphatic carbocycles. The molecule has 0 saturated heterocycles. The largest absolute Gasteiger partial charge is 2.00 e. The Morgan fingerprint density at radius 3 is 1.25 bits per heavy atom. The summed E-state index contributed by atoms with van der Waals surface area (Å²) < 4.78 is 6.94. The maximum Gasteiger partial charge on any atom is 2.00 e. The molecule has 0 spiro atoms. The van der Waals surface area contributed by atoms with E-state index in [1.54, 1.807) is 0 Å². The molecule has 0 bridgehead atoms. The number of aromatic nitrogens is 4. The molecule has 5 heterocycles. The molecule has 0 unspecified atom stereocenters. The molecule has 0 N–H and O–H groups in total. The molecular weight excluding hydrogens is 904 g/mol. The number of hydrogen-bond acceptors (Lipinski definition) is 5. The van der Waals surface area contributed by atoms with Crippen molar-refractivity contribution in [3.05, 3.63) is 154 Å². The third-order valence-electron chi connectivity index (χ3n) is 11.8. The maximum absolute atomic E-state index is 6.94. The van der Waals surface area contributed by atoms with Crippen LogP contribution in [-0.4, -0.2) is 19.9 Å². The predicted molar refractivity (Wildman–Crippen MR) is 239 cm³/mol. The Morgan fingerprint density at radius 2 is 0.881 bits per heavy atom. The average molecular weight is 956 g/mol. The molecular formula is C53H52N4OPt. The topological polar surface area (TPSA) is 60.8 Å². The molecule has 5 nitrogen and oxygen atoms in total. The van der Waals surface area contributed by atoms with E-state index in [4.69, 9.17) is 24.7 Å². The van der Waals surface area contributed by atoms with Crippen LogP contribution in [0.2, 0.25) is 0 Å². The Morgan fingerprint density at radius 1 is 0.475 bits per heavy atom. The van der Waals surface area contributed by atoms with Crippen molar-refractivity contribution in [1.82, 2.24) is 19.9 Å². The van der Waals surface area contributed by atoms with Gasteiger partial charge in [-0.25, -0.2) is 0 Å². The fourth-order valence-electron chi connectivity index (χ4n) is 8.74. The zero-order valence-corrected chi connectivity index (χ0v) is 38.5. The van der Waals surface area contributed by atoms with Crippen molar-refractivity contribution in [2.24, 2.45) is 0 Å². The first-order valence-electron chi connectivity index (χ1n) is 20.5. The van der Waals surface area contributed by atoms with Crippen molar-refractivity contribution < 1.29 is 25.8 Å². The number of ether oxygens (including phenoxy) is 1. The summed E-state index contributed by atoms with van der Waals surface area (Å²) in [4.78, 5) is 22.1. The summed E-state index contributed by atoms with van der Waals surface area (Å²) in [7, 11) is 0. The van der Waals surface area contributed by atoms with Crippen molar-refractivity contribution in [2.45, 2.75) is 110 Å². The fraction of sp³-hybridized carbons (Fsp3) is 0.321. The zero-order valence-electron chi connectivity index (χ0n) is 36.3. The summed E-state index contributed by atoms with van der Waals surface area (Å²) >= 11 is 0. The fourth-order valence-corrected chi connectivity index (χ4v) is 8.74. The Bertz CT molecular complexity index is 2770. The van der Waals surface area contributed by atoms with E-state index in [0.29, 0.717) is 0 Å². The second kappa shape index (κ2) is 13.8. The number of fused-ring (bicyclic) bond motifs is 8. The van der Waals surface area contributed by atoms with Gasteiger partial charge in [-0.15, -0.1) is 59.3 Å². The quantitative estimate of drug-likeness (QED) is 0.128. The van der Waals surface area contributed by atoms with Gasteiger partial charge in [0.1, 0.15) is 16.9 Å². The van der Waals surface area contributed by atoms with Crippen LogP contribution >= 0.6 is 0 Å². The Balaban J connectivity index is 0.00000484. The van der Waals surface area contributed by atoms with Crippen molar-refractivity contribution >= 4 is 43.6 Å². The van der Waals surface area contributed by atoms with Gasteiger partial charge >= 0.3 is 21.1 Å². The standard InChI is InChI=1S/C53H52N4O.Pt/c1-49(2,3)31-21-25-41-37(29-31)53(38-30-32(50(4,5)6)22-26-42(38)58-41,43-27-23-39-45(56-43)33-17-13-15-19-35(33)47(54-39)51(7,8)9)44-28-24-40-46(57-44)34-18-14-16-20-36(34)48(55-40)52(10,11)12;/h13-16,19-30H,1-12H3;/q-2;+2. The van der Waals surface area contributed by atoms with Crippen LogP contribution < -0.4 is 4.74 Å². The van der Waals surface area contributed by atoms with Gasteiger partial charge in [0.2, 0.25) is 0 Å². The van der Waals surface area contributed by atoms with Gasteiger partial charge in [0.25, 0.3) is 0 Å². The van der Waals surface area contributed by atoms with E-state index in [2.05, 4.69) is 168 Å². The molecule has 4 aromatic heterocycles. The van der Waals surface area contributed by atoms with Crippen LogP contribution in [0.25, 0.3) is 43.6 Å². The molecule has 1 aliphatic heterocycles. The summed E-state index contributed by atoms with van der Waals surface area (Å²) in [5.74, 6) is 1.56. The van der Waals surface area contributed by atoms with Gasteiger partial charge in [0.05, 0.1) is 11.4 Å². The van der Waals surface area contributed by atoms with Gasteiger partial charge in [-0.3, -0.25) is 19.9 Å². The number of nitrogens with zero attached hydrogens (tertiary/aromatic N) is 4. The minimum atomic E-state index is -1.01. The smallest absolute Gasteiger partial charge is 0.457 e. The molecule has 0 saturated carbocycles. The Hall–Kier alpha value is -4.99. The van der Waals surface area contributed by atoms with E-state index in [1.807, 2.05) is 24.3 Å². The van der Waals surface area contributed by atoms with E-state index in [0.717, 1.165) is 89.0 Å². The van der Waals surface area contributed by atoms with Gasteiger partial charge in [-0.05, 0) is 81.3 Å². The molecule has 0 fully saturated rings. The van der Waals surface area contributed by atoms with Crippen molar-refractivity contribution in [2.75, 3.05) is 0 Å². The van der Waals surface area contributed by atoms with E-state index < -0.39 is 5.41 Å². The predicted octanol–water partition coefficient (Wildman–Crippen LogP) is 13.2. The van der Waals surface area contributed by atoms with Gasteiger partial charge in [-0.1, -0.05) is 106 Å². The van der Waals surface area contributed by atoms with E-state index in [9.17, 15) is 0 Å². The third-order valence-corrected chi connectivity index (χ3v) is 11.8. The Kier molecular flexibility index (Phi) is 9.52. The first kappa shape index (κ1) is 40.8. The molecule has 59 heavy (non-hydrogen) atoms. The van der Waals surface area contributed by atoms with Crippen LogP contribution in [0.5, 0.6) is 11.5 Å². The van der Waals surface area contributed by atoms with E-state index in [-0.39, 0.29) is 42.7 Å². The van der Waals surface area contributed by atoms with Crippen LogP contribution in [0.3, 0.4) is 0 Å². The number of rotatable bonds is 2. The van der Waals surface area contributed by atoms with Crippen LogP contribution in [-0.2, 0) is 48.1 Å². The molecule has 0 atom stereocenters. The summed E-state index contributed by atoms with van der Waals surface area (Å²) in [6, 6.07) is 41.5.